The molecule has 1 aliphatic heterocycles. The molecule has 5 rings (SSSR count). The lowest BCUT2D eigenvalue weighted by atomic mass is 9.72. The molecule has 0 unspecified atom stereocenters. The Bertz CT molecular complexity index is 1180. The van der Waals surface area contributed by atoms with Crippen molar-refractivity contribution in [3.63, 3.8) is 0 Å². The number of pyridine rings is 1. The second kappa shape index (κ2) is 11.9. The number of carboxylic acid groups (broad SMARTS) is 1. The topological polar surface area (TPSA) is 91.8 Å². The van der Waals surface area contributed by atoms with Gasteiger partial charge in [0.15, 0.2) is 0 Å². The van der Waals surface area contributed by atoms with Crippen molar-refractivity contribution in [2.24, 2.45) is 17.3 Å². The first-order valence-electron chi connectivity index (χ1n) is 15.1. The Morgan fingerprint density at radius 1 is 1.05 bits per heavy atom. The fourth-order valence-electron chi connectivity index (χ4n) is 7.27. The lowest BCUT2D eigenvalue weighted by Crippen LogP contribution is -2.49. The van der Waals surface area contributed by atoms with E-state index in [1.54, 1.807) is 12.0 Å². The summed E-state index contributed by atoms with van der Waals surface area (Å²) in [6.45, 7) is 6.80. The Morgan fingerprint density at radius 3 is 2.33 bits per heavy atom. The smallest absolute Gasteiger partial charge is 0.326 e. The largest absolute Gasteiger partial charge is 0.495 e. The number of methoxy groups -OCH3 is 1. The Labute approximate surface area is 238 Å². The van der Waals surface area contributed by atoms with E-state index in [-0.39, 0.29) is 35.2 Å². The number of carboxylic acids is 1. The summed E-state index contributed by atoms with van der Waals surface area (Å²) in [7, 11) is 1.66. The summed E-state index contributed by atoms with van der Waals surface area (Å²) in [5, 5.41) is 14.5. The fraction of sp³-hybridized carbons (Fsp3) is 0.606. The highest BCUT2D eigenvalue weighted by atomic mass is 16.5. The molecule has 1 amide bonds. The van der Waals surface area contributed by atoms with E-state index in [0.29, 0.717) is 12.5 Å². The van der Waals surface area contributed by atoms with Gasteiger partial charge in [-0.3, -0.25) is 9.78 Å². The molecule has 1 saturated heterocycles. The zero-order valence-corrected chi connectivity index (χ0v) is 24.4. The van der Waals surface area contributed by atoms with Gasteiger partial charge in [-0.1, -0.05) is 76.8 Å². The lowest BCUT2D eigenvalue weighted by Gasteiger charge is -2.36. The number of ether oxygens (including phenoxy) is 1. The van der Waals surface area contributed by atoms with Crippen molar-refractivity contribution in [2.45, 2.75) is 103 Å². The number of hydrogen-bond acceptors (Lipinski definition) is 5. The van der Waals surface area contributed by atoms with Crippen LogP contribution in [0.5, 0.6) is 5.75 Å². The van der Waals surface area contributed by atoms with Crippen LogP contribution in [0.4, 0.5) is 0 Å². The summed E-state index contributed by atoms with van der Waals surface area (Å²) in [4.78, 5) is 33.7. The van der Waals surface area contributed by atoms with Gasteiger partial charge < -0.3 is 20.1 Å². The summed E-state index contributed by atoms with van der Waals surface area (Å²) in [5.41, 5.74) is 2.72. The lowest BCUT2D eigenvalue weighted by molar-refractivity contribution is -0.154. The quantitative estimate of drug-likeness (QED) is 0.415. The van der Waals surface area contributed by atoms with Crippen molar-refractivity contribution >= 4 is 11.9 Å². The number of aromatic nitrogens is 1. The SMILES string of the molecule is COc1cnc(C2CCC2)cc1CN[C@H]1[C@H](C(C)(C)C)[C@@H](C(=O)O)N(C(=O)C2CCCCC2)[C@H]1c1ccccc1. The number of nitrogens with zero attached hydrogens (tertiary/aromatic N) is 2. The molecule has 7 heteroatoms. The van der Waals surface area contributed by atoms with Crippen LogP contribution >= 0.6 is 0 Å². The average molecular weight is 548 g/mol. The molecule has 0 radical (unpaired) electrons. The first kappa shape index (κ1) is 28.6. The maximum atomic E-state index is 14.3. The van der Waals surface area contributed by atoms with Gasteiger partial charge in [0.2, 0.25) is 5.91 Å². The fourth-order valence-corrected chi connectivity index (χ4v) is 7.27. The number of rotatable bonds is 8. The molecule has 0 spiro atoms. The number of aliphatic carboxylic acids is 1. The van der Waals surface area contributed by atoms with Gasteiger partial charge in [0.05, 0.1) is 19.3 Å². The highest BCUT2D eigenvalue weighted by Gasteiger charge is 2.58. The number of amides is 1. The zero-order chi connectivity index (χ0) is 28.4. The van der Waals surface area contributed by atoms with Gasteiger partial charge in [-0.05, 0) is 42.7 Å². The van der Waals surface area contributed by atoms with Crippen LogP contribution in [0.25, 0.3) is 0 Å². The number of carbonyl (C=O) groups is 2. The van der Waals surface area contributed by atoms with Gasteiger partial charge in [-0.2, -0.15) is 0 Å². The van der Waals surface area contributed by atoms with Gasteiger partial charge in [-0.25, -0.2) is 4.79 Å². The van der Waals surface area contributed by atoms with Gasteiger partial charge in [-0.15, -0.1) is 0 Å². The molecule has 7 nitrogen and oxygen atoms in total. The summed E-state index contributed by atoms with van der Waals surface area (Å²) in [6.07, 6.45) is 10.2. The van der Waals surface area contributed by atoms with Gasteiger partial charge in [0.1, 0.15) is 11.8 Å². The minimum absolute atomic E-state index is 0.00624. The van der Waals surface area contributed by atoms with Crippen molar-refractivity contribution < 1.29 is 19.4 Å². The minimum atomic E-state index is -0.928. The summed E-state index contributed by atoms with van der Waals surface area (Å²) >= 11 is 0. The van der Waals surface area contributed by atoms with E-state index in [0.717, 1.165) is 67.5 Å². The monoisotopic (exact) mass is 547 g/mol. The van der Waals surface area contributed by atoms with Crippen molar-refractivity contribution in [2.75, 3.05) is 7.11 Å². The van der Waals surface area contributed by atoms with Gasteiger partial charge in [0.25, 0.3) is 0 Å². The maximum absolute atomic E-state index is 14.3. The second-order valence-electron chi connectivity index (χ2n) is 13.1. The number of nitrogens with one attached hydrogen (secondary N) is 1. The predicted molar refractivity (Wildman–Crippen MR) is 155 cm³/mol. The van der Waals surface area contributed by atoms with E-state index < -0.39 is 12.0 Å². The minimum Gasteiger partial charge on any atom is -0.495 e. The van der Waals surface area contributed by atoms with Crippen LogP contribution in [0.3, 0.4) is 0 Å². The molecule has 1 aromatic heterocycles. The van der Waals surface area contributed by atoms with E-state index in [1.807, 2.05) is 36.5 Å². The first-order chi connectivity index (χ1) is 19.2. The van der Waals surface area contributed by atoms with Crippen LogP contribution in [0.15, 0.2) is 42.6 Å². The molecule has 216 valence electrons. The predicted octanol–water partition coefficient (Wildman–Crippen LogP) is 6.10. The Hall–Kier alpha value is -2.93. The molecule has 2 aromatic rings. The highest BCUT2D eigenvalue weighted by Crippen LogP contribution is 2.49. The number of benzene rings is 1. The molecular formula is C33H45N3O4. The summed E-state index contributed by atoms with van der Waals surface area (Å²) in [5.74, 6) is -0.137. The van der Waals surface area contributed by atoms with Crippen LogP contribution < -0.4 is 10.1 Å². The van der Waals surface area contributed by atoms with E-state index >= 15 is 0 Å². The Kier molecular flexibility index (Phi) is 8.50. The van der Waals surface area contributed by atoms with E-state index in [4.69, 9.17) is 4.74 Å². The normalized spacial score (nSPS) is 25.9. The average Bonchev–Trinajstić information content (AvgIpc) is 3.28. The third-order valence-corrected chi connectivity index (χ3v) is 9.51. The molecule has 3 fully saturated rings. The van der Waals surface area contributed by atoms with E-state index in [1.165, 1.54) is 6.42 Å². The third-order valence-electron chi connectivity index (χ3n) is 9.51. The molecule has 4 atom stereocenters. The number of likely N-dealkylation sites (tertiary alicyclic amines) is 1. The second-order valence-corrected chi connectivity index (χ2v) is 13.1. The highest BCUT2D eigenvalue weighted by molar-refractivity contribution is 5.87. The molecule has 40 heavy (non-hydrogen) atoms. The molecule has 2 saturated carbocycles. The van der Waals surface area contributed by atoms with Crippen LogP contribution in [0.1, 0.15) is 101 Å². The van der Waals surface area contributed by atoms with Crippen LogP contribution in [0, 0.1) is 17.3 Å². The first-order valence-corrected chi connectivity index (χ1v) is 15.1. The van der Waals surface area contributed by atoms with Crippen molar-refractivity contribution in [3.05, 3.63) is 59.4 Å². The van der Waals surface area contributed by atoms with Crippen molar-refractivity contribution in [3.8, 4) is 5.75 Å². The Morgan fingerprint density at radius 2 is 1.75 bits per heavy atom. The van der Waals surface area contributed by atoms with Crippen LogP contribution in [-0.2, 0) is 16.1 Å². The maximum Gasteiger partial charge on any atom is 0.326 e. The third kappa shape index (κ3) is 5.63. The Balaban J connectivity index is 1.55. The van der Waals surface area contributed by atoms with Gasteiger partial charge >= 0.3 is 5.97 Å². The molecule has 1 aromatic carbocycles. The zero-order valence-electron chi connectivity index (χ0n) is 24.4. The van der Waals surface area contributed by atoms with Crippen molar-refractivity contribution in [1.82, 2.24) is 15.2 Å². The molecular weight excluding hydrogens is 502 g/mol. The molecule has 3 aliphatic rings. The molecule has 2 N–H and O–H groups in total. The molecule has 2 heterocycles. The van der Waals surface area contributed by atoms with Crippen LogP contribution in [0.2, 0.25) is 0 Å². The molecule has 0 bridgehead atoms. The summed E-state index contributed by atoms with van der Waals surface area (Å²) < 4.78 is 5.69. The number of carbonyl (C=O) groups excluding carboxylic acids is 1. The van der Waals surface area contributed by atoms with Crippen LogP contribution in [-0.4, -0.2) is 46.1 Å². The number of hydrogen-bond donors (Lipinski definition) is 2. The van der Waals surface area contributed by atoms with E-state index in [2.05, 4.69) is 37.1 Å². The van der Waals surface area contributed by atoms with Crippen molar-refractivity contribution in [1.29, 1.82) is 0 Å². The van der Waals surface area contributed by atoms with Gasteiger partial charge in [0, 0.05) is 41.6 Å². The molecule has 2 aliphatic carbocycles. The van der Waals surface area contributed by atoms with E-state index in [9.17, 15) is 14.7 Å². The standard InChI is InChI=1S/C33H45N3O4/c1-33(2,3)27-28(35-19-24-18-25(21-16-11-17-21)34-20-26(24)40-4)29(22-12-7-5-8-13-22)36(30(27)32(38)39)31(37)23-14-9-6-10-15-23/h5,7-8,12-13,18,20-21,23,27-30,35H,6,9-11,14-17,19H2,1-4H3,(H,38,39)/t27-,28-,29-,30-/m0/s1. The summed E-state index contributed by atoms with van der Waals surface area (Å²) in [6, 6.07) is 10.6.